The molecule has 1 aliphatic heterocycles. The van der Waals surface area contributed by atoms with Gasteiger partial charge in [0.15, 0.2) is 11.6 Å². The number of halogens is 2. The van der Waals surface area contributed by atoms with Gasteiger partial charge in [-0.3, -0.25) is 4.90 Å². The van der Waals surface area contributed by atoms with Gasteiger partial charge in [0.25, 0.3) is 0 Å². The molecule has 0 radical (unpaired) electrons. The highest BCUT2D eigenvalue weighted by Gasteiger charge is 2.32. The summed E-state index contributed by atoms with van der Waals surface area (Å²) in [6, 6.07) is 5.43. The number of likely N-dealkylation sites (tertiary alicyclic amines) is 1. The van der Waals surface area contributed by atoms with Crippen LogP contribution in [0.3, 0.4) is 0 Å². The standard InChI is InChI=1S/C15H15F2N3O/c16-12-3-2-10(6-13(12)17)14-7-11(21)8-20(14)9-15-18-4-1-5-19-15/h1-6,11,14,21H,7-9H2/t11-,14-/m0/s1. The summed E-state index contributed by atoms with van der Waals surface area (Å²) in [6.45, 7) is 0.920. The summed E-state index contributed by atoms with van der Waals surface area (Å²) < 4.78 is 26.5. The van der Waals surface area contributed by atoms with Gasteiger partial charge in [0, 0.05) is 25.0 Å². The fourth-order valence-corrected chi connectivity index (χ4v) is 2.71. The van der Waals surface area contributed by atoms with E-state index in [1.807, 2.05) is 4.90 Å². The molecule has 0 aliphatic carbocycles. The number of aliphatic hydroxyl groups is 1. The number of benzene rings is 1. The molecule has 0 saturated carbocycles. The molecule has 4 nitrogen and oxygen atoms in total. The average molecular weight is 291 g/mol. The van der Waals surface area contributed by atoms with E-state index >= 15 is 0 Å². The van der Waals surface area contributed by atoms with Crippen LogP contribution in [0.4, 0.5) is 8.78 Å². The Morgan fingerprint density at radius 3 is 2.67 bits per heavy atom. The molecule has 0 spiro atoms. The van der Waals surface area contributed by atoms with Gasteiger partial charge >= 0.3 is 0 Å². The average Bonchev–Trinajstić information content (AvgIpc) is 2.84. The second-order valence-corrected chi connectivity index (χ2v) is 5.17. The molecule has 1 saturated heterocycles. The van der Waals surface area contributed by atoms with Crippen molar-refractivity contribution in [2.45, 2.75) is 25.1 Å². The Kier molecular flexibility index (Phi) is 3.90. The van der Waals surface area contributed by atoms with E-state index in [-0.39, 0.29) is 6.04 Å². The summed E-state index contributed by atoms with van der Waals surface area (Å²) in [4.78, 5) is 10.3. The van der Waals surface area contributed by atoms with Crippen LogP contribution in [-0.2, 0) is 6.54 Å². The molecule has 1 aromatic carbocycles. The van der Waals surface area contributed by atoms with Crippen LogP contribution in [0, 0.1) is 11.6 Å². The van der Waals surface area contributed by atoms with Gasteiger partial charge in [-0.05, 0) is 30.2 Å². The van der Waals surface area contributed by atoms with Gasteiger partial charge in [-0.2, -0.15) is 0 Å². The zero-order chi connectivity index (χ0) is 14.8. The molecular formula is C15H15F2N3O. The van der Waals surface area contributed by atoms with Crippen molar-refractivity contribution in [2.24, 2.45) is 0 Å². The van der Waals surface area contributed by atoms with Crippen LogP contribution < -0.4 is 0 Å². The van der Waals surface area contributed by atoms with Crippen LogP contribution in [-0.4, -0.2) is 32.6 Å². The molecule has 0 amide bonds. The zero-order valence-electron chi connectivity index (χ0n) is 11.3. The van der Waals surface area contributed by atoms with Crippen LogP contribution in [0.5, 0.6) is 0 Å². The second kappa shape index (κ2) is 5.83. The fourth-order valence-electron chi connectivity index (χ4n) is 2.71. The summed E-state index contributed by atoms with van der Waals surface area (Å²) in [5.74, 6) is -1.10. The summed E-state index contributed by atoms with van der Waals surface area (Å²) in [7, 11) is 0. The second-order valence-electron chi connectivity index (χ2n) is 5.17. The lowest BCUT2D eigenvalue weighted by Crippen LogP contribution is -2.25. The lowest BCUT2D eigenvalue weighted by atomic mass is 10.0. The van der Waals surface area contributed by atoms with E-state index in [1.165, 1.54) is 6.07 Å². The molecule has 3 rings (SSSR count). The van der Waals surface area contributed by atoms with Crippen molar-refractivity contribution in [3.63, 3.8) is 0 Å². The molecule has 1 aliphatic rings. The van der Waals surface area contributed by atoms with E-state index in [1.54, 1.807) is 24.5 Å². The highest BCUT2D eigenvalue weighted by atomic mass is 19.2. The fraction of sp³-hybridized carbons (Fsp3) is 0.333. The maximum Gasteiger partial charge on any atom is 0.159 e. The molecular weight excluding hydrogens is 276 g/mol. The molecule has 2 heterocycles. The zero-order valence-corrected chi connectivity index (χ0v) is 11.3. The SMILES string of the molecule is O[C@H]1C[C@@H](c2ccc(F)c(F)c2)N(Cc2ncccn2)C1. The lowest BCUT2D eigenvalue weighted by Gasteiger charge is -2.23. The highest BCUT2D eigenvalue weighted by molar-refractivity contribution is 5.23. The first-order valence-electron chi connectivity index (χ1n) is 6.76. The van der Waals surface area contributed by atoms with E-state index in [9.17, 15) is 13.9 Å². The Labute approximate surface area is 121 Å². The normalized spacial score (nSPS) is 22.6. The Morgan fingerprint density at radius 2 is 1.95 bits per heavy atom. The smallest absolute Gasteiger partial charge is 0.159 e. The summed E-state index contributed by atoms with van der Waals surface area (Å²) in [6.07, 6.45) is 3.30. The quantitative estimate of drug-likeness (QED) is 0.940. The van der Waals surface area contributed by atoms with Gasteiger partial charge in [0.2, 0.25) is 0 Å². The van der Waals surface area contributed by atoms with E-state index in [4.69, 9.17) is 0 Å². The van der Waals surface area contributed by atoms with Gasteiger partial charge in [0.05, 0.1) is 12.6 Å². The Morgan fingerprint density at radius 1 is 1.19 bits per heavy atom. The van der Waals surface area contributed by atoms with E-state index in [2.05, 4.69) is 9.97 Å². The number of hydrogen-bond acceptors (Lipinski definition) is 4. The molecule has 6 heteroatoms. The van der Waals surface area contributed by atoms with Gasteiger partial charge in [0.1, 0.15) is 5.82 Å². The molecule has 2 aromatic rings. The first kappa shape index (κ1) is 14.0. The molecule has 110 valence electrons. The maximum absolute atomic E-state index is 13.4. The van der Waals surface area contributed by atoms with Crippen molar-refractivity contribution in [2.75, 3.05) is 6.54 Å². The van der Waals surface area contributed by atoms with Crippen LogP contribution in [0.1, 0.15) is 23.9 Å². The van der Waals surface area contributed by atoms with Crippen LogP contribution in [0.2, 0.25) is 0 Å². The number of rotatable bonds is 3. The molecule has 0 unspecified atom stereocenters. The first-order valence-corrected chi connectivity index (χ1v) is 6.76. The van der Waals surface area contributed by atoms with Gasteiger partial charge < -0.3 is 5.11 Å². The van der Waals surface area contributed by atoms with E-state index in [0.717, 1.165) is 6.07 Å². The highest BCUT2D eigenvalue weighted by Crippen LogP contribution is 2.33. The van der Waals surface area contributed by atoms with E-state index < -0.39 is 17.7 Å². The summed E-state index contributed by atoms with van der Waals surface area (Å²) >= 11 is 0. The predicted molar refractivity (Wildman–Crippen MR) is 72.2 cm³/mol. The van der Waals surface area contributed by atoms with Crippen molar-refractivity contribution in [3.05, 3.63) is 59.7 Å². The molecule has 1 aromatic heterocycles. The van der Waals surface area contributed by atoms with Gasteiger partial charge in [-0.1, -0.05) is 6.07 Å². The number of aliphatic hydroxyl groups excluding tert-OH is 1. The Hall–Kier alpha value is -1.92. The van der Waals surface area contributed by atoms with Crippen molar-refractivity contribution in [1.29, 1.82) is 0 Å². The summed E-state index contributed by atoms with van der Waals surface area (Å²) in [5.41, 5.74) is 0.654. The third kappa shape index (κ3) is 3.06. The van der Waals surface area contributed by atoms with E-state index in [0.29, 0.717) is 30.9 Å². The Bertz CT molecular complexity index is 624. The molecule has 2 atom stereocenters. The minimum Gasteiger partial charge on any atom is -0.392 e. The third-order valence-corrected chi connectivity index (χ3v) is 3.67. The van der Waals surface area contributed by atoms with Crippen molar-refractivity contribution < 1.29 is 13.9 Å². The molecule has 0 bridgehead atoms. The van der Waals surface area contributed by atoms with Crippen molar-refractivity contribution >= 4 is 0 Å². The number of aromatic nitrogens is 2. The van der Waals surface area contributed by atoms with Gasteiger partial charge in [-0.15, -0.1) is 0 Å². The van der Waals surface area contributed by atoms with Crippen molar-refractivity contribution in [1.82, 2.24) is 14.9 Å². The topological polar surface area (TPSA) is 49.2 Å². The van der Waals surface area contributed by atoms with Crippen LogP contribution in [0.15, 0.2) is 36.7 Å². The monoisotopic (exact) mass is 291 g/mol. The van der Waals surface area contributed by atoms with Crippen LogP contribution >= 0.6 is 0 Å². The minimum atomic E-state index is -0.871. The molecule has 1 fully saturated rings. The number of β-amino-alcohol motifs (C(OH)–C–C–N with tert-alkyl or cyclic N) is 1. The third-order valence-electron chi connectivity index (χ3n) is 3.67. The van der Waals surface area contributed by atoms with Crippen LogP contribution in [0.25, 0.3) is 0 Å². The number of hydrogen-bond donors (Lipinski definition) is 1. The minimum absolute atomic E-state index is 0.168. The Balaban J connectivity index is 1.83. The number of nitrogens with zero attached hydrogens (tertiary/aromatic N) is 3. The lowest BCUT2D eigenvalue weighted by molar-refractivity contribution is 0.171. The van der Waals surface area contributed by atoms with Crippen molar-refractivity contribution in [3.8, 4) is 0 Å². The summed E-state index contributed by atoms with van der Waals surface area (Å²) in [5, 5.41) is 9.88. The van der Waals surface area contributed by atoms with Gasteiger partial charge in [-0.25, -0.2) is 18.7 Å². The maximum atomic E-state index is 13.4. The molecule has 1 N–H and O–H groups in total. The first-order chi connectivity index (χ1) is 10.1. The molecule has 21 heavy (non-hydrogen) atoms. The predicted octanol–water partition coefficient (Wildman–Crippen LogP) is 2.06. The largest absolute Gasteiger partial charge is 0.392 e.